The lowest BCUT2D eigenvalue weighted by Gasteiger charge is -2.22. The fourth-order valence-corrected chi connectivity index (χ4v) is 2.92. The molecule has 0 saturated carbocycles. The fraction of sp³-hybridized carbons (Fsp3) is 0.333. The number of nitrogens with two attached hydrogens (primary N) is 1. The van der Waals surface area contributed by atoms with Gasteiger partial charge in [0.25, 0.3) is 0 Å². The summed E-state index contributed by atoms with van der Waals surface area (Å²) in [5.41, 5.74) is 7.86. The first-order chi connectivity index (χ1) is 9.06. The SMILES string of the molecule is CC(N)Cc1cc(F)ccc1N(C)Cc1cccs1. The number of rotatable bonds is 5. The lowest BCUT2D eigenvalue weighted by atomic mass is 10.0. The number of nitrogens with zero attached hydrogens (tertiary/aromatic N) is 1. The number of hydrogen-bond acceptors (Lipinski definition) is 3. The van der Waals surface area contributed by atoms with Crippen molar-refractivity contribution in [2.24, 2.45) is 5.73 Å². The highest BCUT2D eigenvalue weighted by Gasteiger charge is 2.11. The summed E-state index contributed by atoms with van der Waals surface area (Å²) >= 11 is 1.73. The van der Waals surface area contributed by atoms with E-state index in [1.165, 1.54) is 10.9 Å². The molecule has 0 bridgehead atoms. The van der Waals surface area contributed by atoms with E-state index in [4.69, 9.17) is 5.73 Å². The third-order valence-corrected chi connectivity index (χ3v) is 3.83. The molecular weight excluding hydrogens is 259 g/mol. The number of hydrogen-bond donors (Lipinski definition) is 1. The molecule has 102 valence electrons. The summed E-state index contributed by atoms with van der Waals surface area (Å²) in [5, 5.41) is 2.07. The summed E-state index contributed by atoms with van der Waals surface area (Å²) in [6.07, 6.45) is 0.682. The molecule has 1 aromatic carbocycles. The van der Waals surface area contributed by atoms with Crippen LogP contribution in [0.25, 0.3) is 0 Å². The summed E-state index contributed by atoms with van der Waals surface area (Å²) in [6, 6.07) is 9.10. The van der Waals surface area contributed by atoms with Crippen LogP contribution in [0.4, 0.5) is 10.1 Å². The van der Waals surface area contributed by atoms with Gasteiger partial charge in [0.15, 0.2) is 0 Å². The van der Waals surface area contributed by atoms with Crippen molar-refractivity contribution in [3.63, 3.8) is 0 Å². The molecule has 2 nitrogen and oxygen atoms in total. The maximum absolute atomic E-state index is 13.4. The Bertz CT molecular complexity index is 523. The van der Waals surface area contributed by atoms with Crippen molar-refractivity contribution in [2.45, 2.75) is 25.9 Å². The van der Waals surface area contributed by atoms with Crippen molar-refractivity contribution in [3.8, 4) is 0 Å². The fourth-order valence-electron chi connectivity index (χ4n) is 2.16. The van der Waals surface area contributed by atoms with Gasteiger partial charge in [0, 0.05) is 23.7 Å². The van der Waals surface area contributed by atoms with Crippen LogP contribution in [0.1, 0.15) is 17.4 Å². The molecule has 1 unspecified atom stereocenters. The van der Waals surface area contributed by atoms with E-state index in [1.54, 1.807) is 17.4 Å². The highest BCUT2D eigenvalue weighted by molar-refractivity contribution is 7.09. The number of anilines is 1. The van der Waals surface area contributed by atoms with Gasteiger partial charge in [0.05, 0.1) is 6.54 Å². The van der Waals surface area contributed by atoms with Crippen molar-refractivity contribution in [2.75, 3.05) is 11.9 Å². The monoisotopic (exact) mass is 278 g/mol. The Morgan fingerprint density at radius 2 is 2.16 bits per heavy atom. The molecule has 1 heterocycles. The molecular formula is C15H19FN2S. The maximum atomic E-state index is 13.4. The Morgan fingerprint density at radius 1 is 1.37 bits per heavy atom. The zero-order chi connectivity index (χ0) is 13.8. The molecule has 2 N–H and O–H groups in total. The first-order valence-electron chi connectivity index (χ1n) is 6.34. The first kappa shape index (κ1) is 14.0. The predicted molar refractivity (Wildman–Crippen MR) is 80.2 cm³/mol. The van der Waals surface area contributed by atoms with Crippen molar-refractivity contribution in [1.82, 2.24) is 0 Å². The van der Waals surface area contributed by atoms with Crippen molar-refractivity contribution in [1.29, 1.82) is 0 Å². The molecule has 0 fully saturated rings. The van der Waals surface area contributed by atoms with Gasteiger partial charge in [-0.1, -0.05) is 6.07 Å². The first-order valence-corrected chi connectivity index (χ1v) is 7.21. The Kier molecular flexibility index (Phi) is 4.56. The van der Waals surface area contributed by atoms with Gasteiger partial charge < -0.3 is 10.6 Å². The summed E-state index contributed by atoms with van der Waals surface area (Å²) in [6.45, 7) is 2.77. The Morgan fingerprint density at radius 3 is 2.79 bits per heavy atom. The van der Waals surface area contributed by atoms with Crippen LogP contribution in [0.15, 0.2) is 35.7 Å². The third kappa shape index (κ3) is 3.78. The molecule has 0 amide bonds. The van der Waals surface area contributed by atoms with E-state index >= 15 is 0 Å². The van der Waals surface area contributed by atoms with Gasteiger partial charge in [-0.2, -0.15) is 0 Å². The minimum atomic E-state index is -0.205. The van der Waals surface area contributed by atoms with Crippen LogP contribution in [0.2, 0.25) is 0 Å². The topological polar surface area (TPSA) is 29.3 Å². The Hall–Kier alpha value is -1.39. The number of thiophene rings is 1. The van der Waals surface area contributed by atoms with Gasteiger partial charge >= 0.3 is 0 Å². The molecule has 2 rings (SSSR count). The van der Waals surface area contributed by atoms with E-state index in [0.29, 0.717) is 6.42 Å². The van der Waals surface area contributed by atoms with E-state index < -0.39 is 0 Å². The lowest BCUT2D eigenvalue weighted by Crippen LogP contribution is -2.22. The molecule has 1 aromatic heterocycles. The molecule has 1 atom stereocenters. The van der Waals surface area contributed by atoms with Crippen LogP contribution in [0.5, 0.6) is 0 Å². The lowest BCUT2D eigenvalue weighted by molar-refractivity contribution is 0.622. The molecule has 0 aliphatic heterocycles. The van der Waals surface area contributed by atoms with Crippen LogP contribution in [0, 0.1) is 5.82 Å². The van der Waals surface area contributed by atoms with Gasteiger partial charge in [-0.15, -0.1) is 11.3 Å². The largest absolute Gasteiger partial charge is 0.369 e. The zero-order valence-corrected chi connectivity index (χ0v) is 12.1. The van der Waals surface area contributed by atoms with Crippen molar-refractivity contribution < 1.29 is 4.39 Å². The van der Waals surface area contributed by atoms with Crippen LogP contribution in [-0.2, 0) is 13.0 Å². The van der Waals surface area contributed by atoms with Crippen LogP contribution in [-0.4, -0.2) is 13.1 Å². The van der Waals surface area contributed by atoms with Crippen LogP contribution < -0.4 is 10.6 Å². The van der Waals surface area contributed by atoms with E-state index in [-0.39, 0.29) is 11.9 Å². The van der Waals surface area contributed by atoms with Crippen molar-refractivity contribution >= 4 is 17.0 Å². The maximum Gasteiger partial charge on any atom is 0.123 e. The highest BCUT2D eigenvalue weighted by atomic mass is 32.1. The molecule has 0 spiro atoms. The highest BCUT2D eigenvalue weighted by Crippen LogP contribution is 2.24. The van der Waals surface area contributed by atoms with Gasteiger partial charge in [0.1, 0.15) is 5.82 Å². The number of halogens is 1. The summed E-state index contributed by atoms with van der Waals surface area (Å²) in [4.78, 5) is 3.43. The normalized spacial score (nSPS) is 12.4. The van der Waals surface area contributed by atoms with E-state index in [2.05, 4.69) is 16.3 Å². The second-order valence-corrected chi connectivity index (χ2v) is 5.92. The smallest absolute Gasteiger partial charge is 0.123 e. The summed E-state index contributed by atoms with van der Waals surface area (Å²) in [7, 11) is 2.03. The average Bonchev–Trinajstić information content (AvgIpc) is 2.80. The van der Waals surface area contributed by atoms with E-state index in [1.807, 2.05) is 26.1 Å². The van der Waals surface area contributed by atoms with Gasteiger partial charge in [-0.3, -0.25) is 0 Å². The molecule has 0 aliphatic carbocycles. The zero-order valence-electron chi connectivity index (χ0n) is 11.3. The minimum Gasteiger partial charge on any atom is -0.369 e. The summed E-state index contributed by atoms with van der Waals surface area (Å²) < 4.78 is 13.4. The molecule has 19 heavy (non-hydrogen) atoms. The van der Waals surface area contributed by atoms with E-state index in [0.717, 1.165) is 17.8 Å². The van der Waals surface area contributed by atoms with Crippen molar-refractivity contribution in [3.05, 3.63) is 52.0 Å². The third-order valence-electron chi connectivity index (χ3n) is 2.97. The van der Waals surface area contributed by atoms with Crippen LogP contribution in [0.3, 0.4) is 0 Å². The van der Waals surface area contributed by atoms with Crippen LogP contribution >= 0.6 is 11.3 Å². The van der Waals surface area contributed by atoms with Gasteiger partial charge in [-0.25, -0.2) is 4.39 Å². The molecule has 0 aliphatic rings. The standard InChI is InChI=1S/C15H19FN2S/c1-11(17)8-12-9-13(16)5-6-15(12)18(2)10-14-4-3-7-19-14/h3-7,9,11H,8,10,17H2,1-2H3. The average molecular weight is 278 g/mol. The Labute approximate surface area is 117 Å². The molecule has 0 saturated heterocycles. The second kappa shape index (κ2) is 6.17. The van der Waals surface area contributed by atoms with Gasteiger partial charge in [0.2, 0.25) is 0 Å². The second-order valence-electron chi connectivity index (χ2n) is 4.89. The molecule has 4 heteroatoms. The molecule has 0 radical (unpaired) electrons. The predicted octanol–water partition coefficient (Wildman–Crippen LogP) is 3.41. The Balaban J connectivity index is 2.22. The van der Waals surface area contributed by atoms with Gasteiger partial charge in [-0.05, 0) is 48.6 Å². The number of benzene rings is 1. The summed E-state index contributed by atoms with van der Waals surface area (Å²) in [5.74, 6) is -0.205. The minimum absolute atomic E-state index is 0.0238. The van der Waals surface area contributed by atoms with E-state index in [9.17, 15) is 4.39 Å². The quantitative estimate of drug-likeness (QED) is 0.908. The molecule has 2 aromatic rings.